The molecule has 0 radical (unpaired) electrons. The van der Waals surface area contributed by atoms with Gasteiger partial charge >= 0.3 is 5.97 Å². The van der Waals surface area contributed by atoms with Crippen LogP contribution in [0.15, 0.2) is 0 Å². The first-order valence-electron chi connectivity index (χ1n) is 5.89. The average molecular weight is 215 g/mol. The number of carbonyl (C=O) groups is 1. The van der Waals surface area contributed by atoms with Gasteiger partial charge in [-0.25, -0.2) is 0 Å². The molecule has 0 saturated heterocycles. The summed E-state index contributed by atoms with van der Waals surface area (Å²) in [5, 5.41) is 12.0. The minimum atomic E-state index is -0.710. The summed E-state index contributed by atoms with van der Waals surface area (Å²) >= 11 is 0. The van der Waals surface area contributed by atoms with Crippen LogP contribution >= 0.6 is 0 Å². The SMILES string of the molecule is CC(C)CCC(C)NC(C)CCC(=O)O. The summed E-state index contributed by atoms with van der Waals surface area (Å²) in [5.74, 6) is 0.0297. The first kappa shape index (κ1) is 14.4. The summed E-state index contributed by atoms with van der Waals surface area (Å²) in [7, 11) is 0. The number of nitrogens with one attached hydrogen (secondary N) is 1. The van der Waals surface area contributed by atoms with E-state index in [0.29, 0.717) is 18.5 Å². The first-order chi connectivity index (χ1) is 6.91. The highest BCUT2D eigenvalue weighted by molar-refractivity contribution is 5.66. The van der Waals surface area contributed by atoms with Crippen LogP contribution in [0.25, 0.3) is 0 Å². The van der Waals surface area contributed by atoms with Gasteiger partial charge < -0.3 is 10.4 Å². The standard InChI is InChI=1S/C12H25NO2/c1-9(2)5-6-10(3)13-11(4)7-8-12(14)15/h9-11,13H,5-8H2,1-4H3,(H,14,15). The molecule has 0 aromatic carbocycles. The lowest BCUT2D eigenvalue weighted by Gasteiger charge is -2.20. The lowest BCUT2D eigenvalue weighted by molar-refractivity contribution is -0.137. The highest BCUT2D eigenvalue weighted by Crippen LogP contribution is 2.08. The number of hydrogen-bond acceptors (Lipinski definition) is 2. The molecule has 0 aliphatic carbocycles. The van der Waals surface area contributed by atoms with Crippen molar-refractivity contribution < 1.29 is 9.90 Å². The molecule has 0 heterocycles. The second-order valence-electron chi connectivity index (χ2n) is 4.87. The summed E-state index contributed by atoms with van der Waals surface area (Å²) < 4.78 is 0. The quantitative estimate of drug-likeness (QED) is 0.654. The maximum atomic E-state index is 10.4. The number of carboxylic acid groups (broad SMARTS) is 1. The van der Waals surface area contributed by atoms with E-state index in [1.807, 2.05) is 0 Å². The van der Waals surface area contributed by atoms with Gasteiger partial charge in [0.1, 0.15) is 0 Å². The summed E-state index contributed by atoms with van der Waals surface area (Å²) in [5.41, 5.74) is 0. The van der Waals surface area contributed by atoms with E-state index in [0.717, 1.165) is 12.3 Å². The molecule has 3 heteroatoms. The predicted molar refractivity (Wildman–Crippen MR) is 63.0 cm³/mol. The lowest BCUT2D eigenvalue weighted by Crippen LogP contribution is -2.34. The largest absolute Gasteiger partial charge is 0.481 e. The Morgan fingerprint density at radius 3 is 2.07 bits per heavy atom. The summed E-state index contributed by atoms with van der Waals surface area (Å²) in [6.07, 6.45) is 3.35. The highest BCUT2D eigenvalue weighted by Gasteiger charge is 2.09. The Morgan fingerprint density at radius 2 is 1.60 bits per heavy atom. The third kappa shape index (κ3) is 9.73. The van der Waals surface area contributed by atoms with Crippen molar-refractivity contribution in [2.45, 2.75) is 65.5 Å². The van der Waals surface area contributed by atoms with Gasteiger partial charge in [-0.15, -0.1) is 0 Å². The van der Waals surface area contributed by atoms with Crippen LogP contribution in [0.1, 0.15) is 53.4 Å². The first-order valence-corrected chi connectivity index (χ1v) is 5.89. The average Bonchev–Trinajstić information content (AvgIpc) is 2.11. The van der Waals surface area contributed by atoms with Gasteiger partial charge in [0.2, 0.25) is 0 Å². The van der Waals surface area contributed by atoms with Crippen LogP contribution in [0, 0.1) is 5.92 Å². The molecule has 0 rings (SSSR count). The van der Waals surface area contributed by atoms with E-state index < -0.39 is 5.97 Å². The third-order valence-electron chi connectivity index (χ3n) is 2.54. The molecule has 2 unspecified atom stereocenters. The molecule has 0 aromatic rings. The van der Waals surface area contributed by atoms with Crippen molar-refractivity contribution in [2.24, 2.45) is 5.92 Å². The summed E-state index contributed by atoms with van der Waals surface area (Å²) in [6, 6.07) is 0.777. The summed E-state index contributed by atoms with van der Waals surface area (Å²) in [4.78, 5) is 10.4. The van der Waals surface area contributed by atoms with Gasteiger partial charge in [-0.1, -0.05) is 13.8 Å². The normalized spacial score (nSPS) is 15.3. The Balaban J connectivity index is 3.57. The third-order valence-corrected chi connectivity index (χ3v) is 2.54. The van der Waals surface area contributed by atoms with Gasteiger partial charge in [0.05, 0.1) is 0 Å². The molecule has 3 nitrogen and oxygen atoms in total. The summed E-state index contributed by atoms with van der Waals surface area (Å²) in [6.45, 7) is 8.66. The molecule has 0 amide bonds. The second kappa shape index (κ2) is 7.69. The molecule has 0 saturated carbocycles. The molecule has 0 spiro atoms. The predicted octanol–water partition coefficient (Wildman–Crippen LogP) is 2.65. The maximum absolute atomic E-state index is 10.4. The lowest BCUT2D eigenvalue weighted by atomic mass is 10.0. The Hall–Kier alpha value is -0.570. The molecule has 0 aromatic heterocycles. The Kier molecular flexibility index (Phi) is 7.39. The smallest absolute Gasteiger partial charge is 0.303 e. The molecule has 90 valence electrons. The number of hydrogen-bond donors (Lipinski definition) is 2. The Bertz CT molecular complexity index is 180. The van der Waals surface area contributed by atoms with Gasteiger partial charge in [-0.05, 0) is 39.0 Å². The molecule has 0 aliphatic heterocycles. The number of aliphatic carboxylic acids is 1. The van der Waals surface area contributed by atoms with E-state index in [-0.39, 0.29) is 6.42 Å². The van der Waals surface area contributed by atoms with Crippen LogP contribution < -0.4 is 5.32 Å². The zero-order valence-electron chi connectivity index (χ0n) is 10.4. The Labute approximate surface area is 93.3 Å². The van der Waals surface area contributed by atoms with Crippen molar-refractivity contribution in [3.63, 3.8) is 0 Å². The van der Waals surface area contributed by atoms with Crippen LogP contribution in [-0.4, -0.2) is 23.2 Å². The van der Waals surface area contributed by atoms with E-state index in [2.05, 4.69) is 33.0 Å². The second-order valence-corrected chi connectivity index (χ2v) is 4.87. The van der Waals surface area contributed by atoms with E-state index in [1.54, 1.807) is 0 Å². The van der Waals surface area contributed by atoms with Crippen molar-refractivity contribution in [1.29, 1.82) is 0 Å². The van der Waals surface area contributed by atoms with Crippen LogP contribution in [0.2, 0.25) is 0 Å². The van der Waals surface area contributed by atoms with E-state index in [4.69, 9.17) is 5.11 Å². The highest BCUT2D eigenvalue weighted by atomic mass is 16.4. The van der Waals surface area contributed by atoms with Crippen LogP contribution in [0.5, 0.6) is 0 Å². The number of rotatable bonds is 8. The Morgan fingerprint density at radius 1 is 1.07 bits per heavy atom. The molecule has 0 fully saturated rings. The zero-order chi connectivity index (χ0) is 11.8. The molecule has 15 heavy (non-hydrogen) atoms. The van der Waals surface area contributed by atoms with Crippen molar-refractivity contribution in [1.82, 2.24) is 5.32 Å². The van der Waals surface area contributed by atoms with Crippen molar-refractivity contribution in [3.05, 3.63) is 0 Å². The van der Waals surface area contributed by atoms with Crippen molar-refractivity contribution >= 4 is 5.97 Å². The maximum Gasteiger partial charge on any atom is 0.303 e. The topological polar surface area (TPSA) is 49.3 Å². The van der Waals surface area contributed by atoms with Gasteiger partial charge in [0.15, 0.2) is 0 Å². The van der Waals surface area contributed by atoms with Crippen LogP contribution in [0.4, 0.5) is 0 Å². The van der Waals surface area contributed by atoms with E-state index in [1.165, 1.54) is 6.42 Å². The molecule has 0 aliphatic rings. The van der Waals surface area contributed by atoms with Gasteiger partial charge in [0, 0.05) is 18.5 Å². The minimum Gasteiger partial charge on any atom is -0.481 e. The van der Waals surface area contributed by atoms with Crippen molar-refractivity contribution in [2.75, 3.05) is 0 Å². The van der Waals surface area contributed by atoms with E-state index >= 15 is 0 Å². The van der Waals surface area contributed by atoms with E-state index in [9.17, 15) is 4.79 Å². The zero-order valence-corrected chi connectivity index (χ0v) is 10.4. The number of carboxylic acids is 1. The van der Waals surface area contributed by atoms with Crippen LogP contribution in [0.3, 0.4) is 0 Å². The van der Waals surface area contributed by atoms with Crippen LogP contribution in [-0.2, 0) is 4.79 Å². The fourth-order valence-corrected chi connectivity index (χ4v) is 1.58. The van der Waals surface area contributed by atoms with Gasteiger partial charge in [0.25, 0.3) is 0 Å². The molecular formula is C12H25NO2. The van der Waals surface area contributed by atoms with Gasteiger partial charge in [-0.2, -0.15) is 0 Å². The van der Waals surface area contributed by atoms with Crippen molar-refractivity contribution in [3.8, 4) is 0 Å². The molecule has 2 N–H and O–H groups in total. The molecule has 2 atom stereocenters. The fraction of sp³-hybridized carbons (Fsp3) is 0.917. The fourth-order valence-electron chi connectivity index (χ4n) is 1.58. The molecular weight excluding hydrogens is 190 g/mol. The monoisotopic (exact) mass is 215 g/mol. The molecule has 0 bridgehead atoms. The minimum absolute atomic E-state index is 0.255. The van der Waals surface area contributed by atoms with Gasteiger partial charge in [-0.3, -0.25) is 4.79 Å².